The largest absolute Gasteiger partial charge is 0.493 e. The van der Waals surface area contributed by atoms with Gasteiger partial charge in [-0.05, 0) is 34.4 Å². The van der Waals surface area contributed by atoms with Crippen LogP contribution < -0.4 is 26.7 Å². The predicted molar refractivity (Wildman–Crippen MR) is 165 cm³/mol. The number of allylic oxidation sites excluding steroid dienone is 1. The Balaban J connectivity index is 1.46. The van der Waals surface area contributed by atoms with E-state index < -0.39 is 6.09 Å². The van der Waals surface area contributed by atoms with Gasteiger partial charge in [0, 0.05) is 36.0 Å². The number of carbonyl (C=O) groups is 2. The summed E-state index contributed by atoms with van der Waals surface area (Å²) in [6, 6.07) is 18.6. The van der Waals surface area contributed by atoms with Gasteiger partial charge in [-0.2, -0.15) is 10.1 Å². The van der Waals surface area contributed by atoms with Crippen LogP contribution in [-0.2, 0) is 17.8 Å². The zero-order chi connectivity index (χ0) is 31.2. The van der Waals surface area contributed by atoms with E-state index in [0.717, 1.165) is 27.8 Å². The molecule has 0 fully saturated rings. The minimum atomic E-state index is -0.839. The van der Waals surface area contributed by atoms with Crippen LogP contribution in [0.2, 0.25) is 0 Å². The molecule has 0 radical (unpaired) electrons. The minimum Gasteiger partial charge on any atom is -0.493 e. The number of nitrogens with two attached hydrogens (primary N) is 3. The van der Waals surface area contributed by atoms with Gasteiger partial charge in [-0.3, -0.25) is 9.80 Å². The summed E-state index contributed by atoms with van der Waals surface area (Å²) >= 11 is 0. The number of ketones is 1. The number of hydrazone groups is 1. The number of anilines is 2. The molecule has 224 valence electrons. The lowest BCUT2D eigenvalue weighted by Crippen LogP contribution is -2.25. The third-order valence-electron chi connectivity index (χ3n) is 7.06. The Hall–Kier alpha value is -5.91. The third-order valence-corrected chi connectivity index (χ3v) is 7.06. The molecule has 2 heterocycles. The number of fused-ring (bicyclic) bond motifs is 1. The molecule has 0 spiro atoms. The smallest absolute Gasteiger partial charge is 0.404 e. The van der Waals surface area contributed by atoms with Crippen LogP contribution in [0.4, 0.5) is 16.6 Å². The molecule has 5 rings (SSSR count). The molecule has 4 aromatic rings. The van der Waals surface area contributed by atoms with Gasteiger partial charge in [-0.25, -0.2) is 9.78 Å². The molecule has 1 unspecified atom stereocenters. The standard InChI is InChI=1S/C32H31N7O5/c1-42-27-15-20(13-23-16-36-31(34)38-30(23)33)14-25(29(27)43-2)26(40)11-12-39-28(24-6-4-3-5-22(24)17-37-39)21-9-7-19(8-10-21)18-44-32(35)41/h3-12,14-17,28H,13,18H2,1-2H3,(H2,35,41)(H4,33,34,36,38). The molecular formula is C32H31N7O5. The average molecular weight is 594 g/mol. The zero-order valence-corrected chi connectivity index (χ0v) is 24.1. The Morgan fingerprint density at radius 2 is 1.77 bits per heavy atom. The summed E-state index contributed by atoms with van der Waals surface area (Å²) in [5.74, 6) is 0.692. The van der Waals surface area contributed by atoms with Crippen molar-refractivity contribution in [2.24, 2.45) is 10.8 Å². The Bertz CT molecular complexity index is 1750. The third kappa shape index (κ3) is 6.44. The fourth-order valence-corrected chi connectivity index (χ4v) is 4.95. The topological polar surface area (TPSA) is 181 Å². The highest BCUT2D eigenvalue weighted by Gasteiger charge is 2.26. The van der Waals surface area contributed by atoms with Crippen LogP contribution in [0, 0.1) is 0 Å². The minimum absolute atomic E-state index is 0.0649. The number of ether oxygens (including phenoxy) is 3. The molecule has 3 aromatic carbocycles. The van der Waals surface area contributed by atoms with Crippen molar-refractivity contribution < 1.29 is 23.8 Å². The highest BCUT2D eigenvalue weighted by atomic mass is 16.5. The highest BCUT2D eigenvalue weighted by Crippen LogP contribution is 2.36. The first-order valence-electron chi connectivity index (χ1n) is 13.5. The number of hydrogen-bond donors (Lipinski definition) is 3. The number of nitrogen functional groups attached to an aromatic ring is 2. The summed E-state index contributed by atoms with van der Waals surface area (Å²) in [5, 5.41) is 6.35. The number of methoxy groups -OCH3 is 2. The maximum Gasteiger partial charge on any atom is 0.404 e. The molecule has 0 aliphatic carbocycles. The number of hydrogen-bond acceptors (Lipinski definition) is 11. The van der Waals surface area contributed by atoms with E-state index in [2.05, 4.69) is 15.1 Å². The first-order chi connectivity index (χ1) is 21.3. The van der Waals surface area contributed by atoms with E-state index in [0.29, 0.717) is 29.0 Å². The molecular weight excluding hydrogens is 562 g/mol. The van der Waals surface area contributed by atoms with Crippen LogP contribution in [0.5, 0.6) is 11.5 Å². The SMILES string of the molecule is COc1cc(Cc2cnc(N)nc2N)cc(C(=O)C=CN2N=Cc3ccccc3C2c2ccc(COC(N)=O)cc2)c1OC. The molecule has 12 heteroatoms. The number of benzene rings is 3. The van der Waals surface area contributed by atoms with Crippen LogP contribution in [0.1, 0.15) is 49.8 Å². The summed E-state index contributed by atoms with van der Waals surface area (Å²) < 4.78 is 16.0. The van der Waals surface area contributed by atoms with Crippen LogP contribution in [0.3, 0.4) is 0 Å². The number of carbonyl (C=O) groups excluding carboxylic acids is 2. The van der Waals surface area contributed by atoms with Gasteiger partial charge >= 0.3 is 6.09 Å². The maximum absolute atomic E-state index is 13.7. The van der Waals surface area contributed by atoms with Crippen molar-refractivity contribution in [3.8, 4) is 11.5 Å². The molecule has 1 atom stereocenters. The molecule has 1 aromatic heterocycles. The van der Waals surface area contributed by atoms with Crippen molar-refractivity contribution in [2.75, 3.05) is 25.7 Å². The summed E-state index contributed by atoms with van der Waals surface area (Å²) in [6.07, 6.45) is 5.88. The summed E-state index contributed by atoms with van der Waals surface area (Å²) in [5.41, 5.74) is 22.1. The fraction of sp³-hybridized carbons (Fsp3) is 0.156. The van der Waals surface area contributed by atoms with Crippen LogP contribution in [0.25, 0.3) is 0 Å². The average Bonchev–Trinajstić information content (AvgIpc) is 3.03. The lowest BCUT2D eigenvalue weighted by Gasteiger charge is -2.31. The van der Waals surface area contributed by atoms with Crippen molar-refractivity contribution in [3.63, 3.8) is 0 Å². The monoisotopic (exact) mass is 593 g/mol. The molecule has 44 heavy (non-hydrogen) atoms. The van der Waals surface area contributed by atoms with Crippen molar-refractivity contribution in [2.45, 2.75) is 19.1 Å². The molecule has 0 bridgehead atoms. The van der Waals surface area contributed by atoms with Crippen LogP contribution >= 0.6 is 0 Å². The molecule has 0 saturated carbocycles. The van der Waals surface area contributed by atoms with Crippen molar-refractivity contribution in [1.29, 1.82) is 0 Å². The summed E-state index contributed by atoms with van der Waals surface area (Å²) in [4.78, 5) is 32.8. The summed E-state index contributed by atoms with van der Waals surface area (Å²) in [6.45, 7) is 0.0649. The molecule has 1 amide bonds. The Morgan fingerprint density at radius 3 is 2.48 bits per heavy atom. The van der Waals surface area contributed by atoms with E-state index in [1.165, 1.54) is 20.3 Å². The molecule has 1 aliphatic heterocycles. The van der Waals surface area contributed by atoms with E-state index in [4.69, 9.17) is 31.4 Å². The normalized spacial score (nSPS) is 13.9. The highest BCUT2D eigenvalue weighted by molar-refractivity contribution is 6.07. The zero-order valence-electron chi connectivity index (χ0n) is 24.1. The van der Waals surface area contributed by atoms with E-state index in [1.807, 2.05) is 48.5 Å². The van der Waals surface area contributed by atoms with Gasteiger partial charge in [0.1, 0.15) is 18.5 Å². The van der Waals surface area contributed by atoms with Gasteiger partial charge in [0.2, 0.25) is 5.95 Å². The van der Waals surface area contributed by atoms with Gasteiger partial charge in [-0.1, -0.05) is 48.5 Å². The maximum atomic E-state index is 13.7. The molecule has 0 saturated heterocycles. The van der Waals surface area contributed by atoms with Gasteiger partial charge in [0.25, 0.3) is 0 Å². The second-order valence-corrected chi connectivity index (χ2v) is 9.88. The number of amides is 1. The number of rotatable bonds is 10. The van der Waals surface area contributed by atoms with Gasteiger partial charge in [0.05, 0.1) is 26.0 Å². The van der Waals surface area contributed by atoms with Crippen molar-refractivity contribution in [1.82, 2.24) is 15.0 Å². The number of aromatic nitrogens is 2. The van der Waals surface area contributed by atoms with E-state index in [-0.39, 0.29) is 30.2 Å². The van der Waals surface area contributed by atoms with E-state index in [9.17, 15) is 9.59 Å². The van der Waals surface area contributed by atoms with Gasteiger partial charge in [-0.15, -0.1) is 0 Å². The van der Waals surface area contributed by atoms with Crippen molar-refractivity contribution >= 4 is 29.9 Å². The van der Waals surface area contributed by atoms with Crippen molar-refractivity contribution in [3.05, 3.63) is 118 Å². The predicted octanol–water partition coefficient (Wildman–Crippen LogP) is 3.98. The van der Waals surface area contributed by atoms with Crippen LogP contribution in [-0.4, -0.2) is 47.3 Å². The molecule has 12 nitrogen and oxygen atoms in total. The number of primary amides is 1. The van der Waals surface area contributed by atoms with Gasteiger partial charge < -0.3 is 31.4 Å². The summed E-state index contributed by atoms with van der Waals surface area (Å²) in [7, 11) is 2.98. The molecule has 6 N–H and O–H groups in total. The lowest BCUT2D eigenvalue weighted by molar-refractivity contribution is 0.104. The second-order valence-electron chi connectivity index (χ2n) is 9.88. The number of nitrogens with zero attached hydrogens (tertiary/aromatic N) is 4. The second kappa shape index (κ2) is 12.9. The van der Waals surface area contributed by atoms with E-state index in [1.54, 1.807) is 35.8 Å². The van der Waals surface area contributed by atoms with Gasteiger partial charge in [0.15, 0.2) is 17.3 Å². The quantitative estimate of drug-likeness (QED) is 0.180. The fourth-order valence-electron chi connectivity index (χ4n) is 4.95. The lowest BCUT2D eigenvalue weighted by atomic mass is 9.93. The Kier molecular flexibility index (Phi) is 8.70. The molecule has 1 aliphatic rings. The Morgan fingerprint density at radius 1 is 1.00 bits per heavy atom. The van der Waals surface area contributed by atoms with Crippen LogP contribution in [0.15, 0.2) is 84.2 Å². The van der Waals surface area contributed by atoms with E-state index >= 15 is 0 Å². The Labute approximate surface area is 253 Å². The first-order valence-corrected chi connectivity index (χ1v) is 13.5. The first kappa shape index (κ1) is 29.6.